The van der Waals surface area contributed by atoms with Crippen LogP contribution in [0, 0.1) is 5.92 Å². The first-order chi connectivity index (χ1) is 7.75. The number of hydrogen-bond acceptors (Lipinski definition) is 3. The van der Waals surface area contributed by atoms with Crippen molar-refractivity contribution in [3.8, 4) is 0 Å². The summed E-state index contributed by atoms with van der Waals surface area (Å²) in [7, 11) is -2.22. The van der Waals surface area contributed by atoms with E-state index in [2.05, 4.69) is 4.72 Å². The number of nitrogens with zero attached hydrogens (tertiary/aromatic N) is 1. The van der Waals surface area contributed by atoms with Gasteiger partial charge in [0.1, 0.15) is 11.1 Å². The number of sulfonamides is 1. The Kier molecular flexibility index (Phi) is 3.94. The van der Waals surface area contributed by atoms with Crippen LogP contribution in [0.4, 0.5) is 0 Å². The predicted octanol–water partition coefficient (Wildman–Crippen LogP) is 0.413. The van der Waals surface area contributed by atoms with Gasteiger partial charge < -0.3 is 9.67 Å². The maximum absolute atomic E-state index is 11.9. The lowest BCUT2D eigenvalue weighted by Gasteiger charge is -2.18. The fourth-order valence-electron chi connectivity index (χ4n) is 1.42. The van der Waals surface area contributed by atoms with Crippen LogP contribution in [0.15, 0.2) is 23.4 Å². The molecule has 0 aliphatic carbocycles. The van der Waals surface area contributed by atoms with E-state index >= 15 is 0 Å². The summed E-state index contributed by atoms with van der Waals surface area (Å²) >= 11 is 0. The van der Waals surface area contributed by atoms with Gasteiger partial charge in [-0.3, -0.25) is 4.79 Å². The van der Waals surface area contributed by atoms with Crippen molar-refractivity contribution in [1.82, 2.24) is 9.29 Å². The monoisotopic (exact) mass is 260 g/mol. The maximum Gasteiger partial charge on any atom is 0.322 e. The van der Waals surface area contributed by atoms with Crippen molar-refractivity contribution < 1.29 is 18.3 Å². The molecule has 0 aliphatic rings. The van der Waals surface area contributed by atoms with Crippen molar-refractivity contribution in [3.05, 3.63) is 18.3 Å². The minimum Gasteiger partial charge on any atom is -0.480 e. The first-order valence-electron chi connectivity index (χ1n) is 5.12. The van der Waals surface area contributed by atoms with Crippen molar-refractivity contribution in [2.75, 3.05) is 0 Å². The highest BCUT2D eigenvalue weighted by Crippen LogP contribution is 2.11. The normalized spacial score (nSPS) is 13.9. The van der Waals surface area contributed by atoms with Crippen LogP contribution < -0.4 is 4.72 Å². The summed E-state index contributed by atoms with van der Waals surface area (Å²) in [5.41, 5.74) is 0. The van der Waals surface area contributed by atoms with Gasteiger partial charge in [-0.15, -0.1) is 0 Å². The summed E-state index contributed by atoms with van der Waals surface area (Å²) in [4.78, 5) is 10.9. The summed E-state index contributed by atoms with van der Waals surface area (Å²) in [6, 6.07) is 1.87. The molecule has 6 nitrogen and oxygen atoms in total. The number of nitrogens with one attached hydrogen (secondary N) is 1. The Hall–Kier alpha value is -1.34. The number of aromatic nitrogens is 1. The first kappa shape index (κ1) is 13.7. The molecule has 0 aromatic carbocycles. The van der Waals surface area contributed by atoms with E-state index in [9.17, 15) is 13.2 Å². The molecular formula is C10H16N2O4S. The van der Waals surface area contributed by atoms with E-state index in [0.29, 0.717) is 0 Å². The first-order valence-corrected chi connectivity index (χ1v) is 6.60. The molecule has 0 saturated carbocycles. The molecule has 0 amide bonds. The topological polar surface area (TPSA) is 88.4 Å². The fraction of sp³-hybridized carbons (Fsp3) is 0.500. The summed E-state index contributed by atoms with van der Waals surface area (Å²) in [6.45, 7) is 3.29. The Labute approximate surface area is 100 Å². The molecular weight excluding hydrogens is 244 g/mol. The molecule has 0 spiro atoms. The zero-order valence-electron chi connectivity index (χ0n) is 9.91. The van der Waals surface area contributed by atoms with Gasteiger partial charge in [-0.1, -0.05) is 13.8 Å². The van der Waals surface area contributed by atoms with Crippen molar-refractivity contribution in [2.45, 2.75) is 24.9 Å². The van der Waals surface area contributed by atoms with Crippen LogP contribution in [0.3, 0.4) is 0 Å². The fourth-order valence-corrected chi connectivity index (χ4v) is 2.95. The van der Waals surface area contributed by atoms with E-state index in [1.54, 1.807) is 33.2 Å². The zero-order chi connectivity index (χ0) is 13.2. The van der Waals surface area contributed by atoms with Crippen molar-refractivity contribution >= 4 is 16.0 Å². The lowest BCUT2D eigenvalue weighted by Crippen LogP contribution is -2.44. The highest BCUT2D eigenvalue weighted by Gasteiger charge is 2.28. The largest absolute Gasteiger partial charge is 0.480 e. The van der Waals surface area contributed by atoms with Crippen LogP contribution in [0.2, 0.25) is 0 Å². The Bertz CT molecular complexity index is 504. The molecule has 1 aromatic heterocycles. The Balaban J connectivity index is 3.01. The number of carbonyl (C=O) groups is 1. The smallest absolute Gasteiger partial charge is 0.322 e. The zero-order valence-corrected chi connectivity index (χ0v) is 10.7. The molecule has 1 rings (SSSR count). The molecule has 0 radical (unpaired) electrons. The van der Waals surface area contributed by atoms with E-state index in [1.165, 1.54) is 10.6 Å². The maximum atomic E-state index is 11.9. The lowest BCUT2D eigenvalue weighted by molar-refractivity contribution is -0.140. The van der Waals surface area contributed by atoms with Gasteiger partial charge in [-0.05, 0) is 18.1 Å². The summed E-state index contributed by atoms with van der Waals surface area (Å²) in [6.07, 6.45) is 1.58. The van der Waals surface area contributed by atoms with Crippen molar-refractivity contribution in [1.29, 1.82) is 0 Å². The third-order valence-corrected chi connectivity index (χ3v) is 3.93. The van der Waals surface area contributed by atoms with Gasteiger partial charge in [-0.25, -0.2) is 8.42 Å². The van der Waals surface area contributed by atoms with Crippen LogP contribution in [0.5, 0.6) is 0 Å². The van der Waals surface area contributed by atoms with Crippen LogP contribution in [-0.2, 0) is 21.9 Å². The minimum atomic E-state index is -3.80. The number of aryl methyl sites for hydroxylation is 1. The second kappa shape index (κ2) is 4.89. The van der Waals surface area contributed by atoms with Crippen LogP contribution in [-0.4, -0.2) is 30.1 Å². The van der Waals surface area contributed by atoms with Crippen molar-refractivity contribution in [3.63, 3.8) is 0 Å². The van der Waals surface area contributed by atoms with Gasteiger partial charge in [0.05, 0.1) is 0 Å². The molecule has 1 heterocycles. The van der Waals surface area contributed by atoms with Gasteiger partial charge in [-0.2, -0.15) is 4.72 Å². The molecule has 0 fully saturated rings. The molecule has 1 aromatic rings. The quantitative estimate of drug-likeness (QED) is 0.802. The number of carboxylic acid groups (broad SMARTS) is 1. The summed E-state index contributed by atoms with van der Waals surface area (Å²) in [5, 5.41) is 8.99. The molecule has 0 bridgehead atoms. The number of hydrogen-bond donors (Lipinski definition) is 2. The predicted molar refractivity (Wildman–Crippen MR) is 62.0 cm³/mol. The van der Waals surface area contributed by atoms with Gasteiger partial charge in [0.25, 0.3) is 10.0 Å². The highest BCUT2D eigenvalue weighted by atomic mass is 32.2. The van der Waals surface area contributed by atoms with Crippen LogP contribution >= 0.6 is 0 Å². The SMILES string of the molecule is CC(C)C(NS(=O)(=O)c1cccn1C)C(=O)O. The number of carboxylic acids is 1. The minimum absolute atomic E-state index is 0.0457. The Morgan fingerprint density at radius 2 is 2.06 bits per heavy atom. The lowest BCUT2D eigenvalue weighted by atomic mass is 10.1. The standard InChI is InChI=1S/C10H16N2O4S/c1-7(2)9(10(13)14)11-17(15,16)8-5-4-6-12(8)3/h4-7,9,11H,1-3H3,(H,13,14). The second-order valence-electron chi connectivity index (χ2n) is 4.14. The second-order valence-corrected chi connectivity index (χ2v) is 5.80. The third-order valence-electron chi connectivity index (χ3n) is 2.39. The summed E-state index contributed by atoms with van der Waals surface area (Å²) in [5.74, 6) is -1.51. The van der Waals surface area contributed by atoms with Gasteiger partial charge in [0.2, 0.25) is 0 Å². The average molecular weight is 260 g/mol. The third kappa shape index (κ3) is 3.07. The number of rotatable bonds is 5. The van der Waals surface area contributed by atoms with Gasteiger partial charge >= 0.3 is 5.97 Å². The summed E-state index contributed by atoms with van der Waals surface area (Å²) < 4.78 is 27.5. The molecule has 96 valence electrons. The van der Waals surface area contributed by atoms with E-state index in [4.69, 9.17) is 5.11 Å². The van der Waals surface area contributed by atoms with Gasteiger partial charge in [0, 0.05) is 13.2 Å². The molecule has 1 atom stereocenters. The van der Waals surface area contributed by atoms with E-state index < -0.39 is 22.0 Å². The molecule has 1 unspecified atom stereocenters. The molecule has 2 N–H and O–H groups in total. The van der Waals surface area contributed by atoms with Crippen LogP contribution in [0.25, 0.3) is 0 Å². The van der Waals surface area contributed by atoms with Crippen LogP contribution in [0.1, 0.15) is 13.8 Å². The molecule has 7 heteroatoms. The molecule has 0 saturated heterocycles. The average Bonchev–Trinajstić information content (AvgIpc) is 2.60. The van der Waals surface area contributed by atoms with Crippen molar-refractivity contribution in [2.24, 2.45) is 13.0 Å². The van der Waals surface area contributed by atoms with E-state index in [0.717, 1.165) is 0 Å². The highest BCUT2D eigenvalue weighted by molar-refractivity contribution is 7.89. The number of aliphatic carboxylic acids is 1. The molecule has 17 heavy (non-hydrogen) atoms. The molecule has 0 aliphatic heterocycles. The van der Waals surface area contributed by atoms with E-state index in [1.807, 2.05) is 0 Å². The Morgan fingerprint density at radius 1 is 1.47 bits per heavy atom. The van der Waals surface area contributed by atoms with Gasteiger partial charge in [0.15, 0.2) is 0 Å². The Morgan fingerprint density at radius 3 is 2.41 bits per heavy atom. The van der Waals surface area contributed by atoms with E-state index in [-0.39, 0.29) is 10.9 Å².